The first-order valence-electron chi connectivity index (χ1n) is 6.34. The lowest BCUT2D eigenvalue weighted by molar-refractivity contribution is 0.0305. The molecular weight excluding hydrogens is 202 g/mol. The fraction of sp³-hybridized carbons (Fsp3) is 0.917. The van der Waals surface area contributed by atoms with Crippen LogP contribution < -0.4 is 0 Å². The smallest absolute Gasteiger partial charge is 0.0978 e. The monoisotopic (exact) mass is 223 g/mol. The van der Waals surface area contributed by atoms with Crippen LogP contribution in [0.2, 0.25) is 0 Å². The van der Waals surface area contributed by atoms with Crippen molar-refractivity contribution in [2.45, 2.75) is 25.3 Å². The molecule has 2 aliphatic rings. The Hall–Kier alpha value is -0.630. The van der Waals surface area contributed by atoms with Gasteiger partial charge in [-0.05, 0) is 25.8 Å². The number of morpholine rings is 1. The summed E-state index contributed by atoms with van der Waals surface area (Å²) in [4.78, 5) is 4.78. The van der Waals surface area contributed by atoms with Crippen molar-refractivity contribution in [2.75, 3.05) is 45.9 Å². The number of hydrogen-bond acceptors (Lipinski definition) is 4. The third-order valence-corrected chi connectivity index (χ3v) is 3.57. The molecule has 90 valence electrons. The molecule has 0 aliphatic carbocycles. The molecule has 1 atom stereocenters. The van der Waals surface area contributed by atoms with Crippen LogP contribution in [0.5, 0.6) is 0 Å². The van der Waals surface area contributed by atoms with E-state index in [9.17, 15) is 0 Å². The first-order valence-corrected chi connectivity index (χ1v) is 6.34. The standard InChI is InChI=1S/C12H21N3O/c13-11-12-3-1-2-4-15(12)6-5-14-7-9-16-10-8-14/h12H,1-10H2. The number of ether oxygens (including phenoxy) is 1. The van der Waals surface area contributed by atoms with E-state index in [0.717, 1.165) is 52.4 Å². The summed E-state index contributed by atoms with van der Waals surface area (Å²) in [6.07, 6.45) is 3.52. The zero-order chi connectivity index (χ0) is 11.2. The van der Waals surface area contributed by atoms with E-state index < -0.39 is 0 Å². The Bertz CT molecular complexity index is 245. The van der Waals surface area contributed by atoms with E-state index in [1.54, 1.807) is 0 Å². The fourth-order valence-electron chi connectivity index (χ4n) is 2.50. The number of likely N-dealkylation sites (tertiary alicyclic amines) is 1. The van der Waals surface area contributed by atoms with Crippen LogP contribution in [0.1, 0.15) is 19.3 Å². The molecule has 16 heavy (non-hydrogen) atoms. The minimum Gasteiger partial charge on any atom is -0.379 e. The van der Waals surface area contributed by atoms with Crippen molar-refractivity contribution in [1.82, 2.24) is 9.80 Å². The molecule has 0 aromatic rings. The zero-order valence-corrected chi connectivity index (χ0v) is 9.90. The molecule has 0 amide bonds. The summed E-state index contributed by atoms with van der Waals surface area (Å²) in [5, 5.41) is 9.07. The number of piperidine rings is 1. The van der Waals surface area contributed by atoms with Crippen LogP contribution in [0.3, 0.4) is 0 Å². The molecule has 2 heterocycles. The van der Waals surface area contributed by atoms with Crippen molar-refractivity contribution < 1.29 is 4.74 Å². The molecule has 1 unspecified atom stereocenters. The molecule has 0 spiro atoms. The fourth-order valence-corrected chi connectivity index (χ4v) is 2.50. The lowest BCUT2D eigenvalue weighted by Gasteiger charge is -2.34. The third kappa shape index (κ3) is 3.18. The van der Waals surface area contributed by atoms with Crippen molar-refractivity contribution in [2.24, 2.45) is 0 Å². The Morgan fingerprint density at radius 1 is 1.12 bits per heavy atom. The van der Waals surface area contributed by atoms with Gasteiger partial charge >= 0.3 is 0 Å². The molecule has 0 saturated carbocycles. The highest BCUT2D eigenvalue weighted by atomic mass is 16.5. The van der Waals surface area contributed by atoms with Gasteiger partial charge in [0.05, 0.1) is 25.3 Å². The molecule has 0 aromatic carbocycles. The van der Waals surface area contributed by atoms with Gasteiger partial charge in [0.2, 0.25) is 0 Å². The van der Waals surface area contributed by atoms with Crippen molar-refractivity contribution in [3.8, 4) is 6.07 Å². The summed E-state index contributed by atoms with van der Waals surface area (Å²) in [5.74, 6) is 0. The molecule has 2 aliphatic heterocycles. The summed E-state index contributed by atoms with van der Waals surface area (Å²) in [6, 6.07) is 2.59. The normalized spacial score (nSPS) is 28.8. The summed E-state index contributed by atoms with van der Waals surface area (Å²) >= 11 is 0. The van der Waals surface area contributed by atoms with Crippen molar-refractivity contribution >= 4 is 0 Å². The zero-order valence-electron chi connectivity index (χ0n) is 9.90. The van der Waals surface area contributed by atoms with Gasteiger partial charge in [0.25, 0.3) is 0 Å². The predicted molar refractivity (Wildman–Crippen MR) is 62.1 cm³/mol. The summed E-state index contributed by atoms with van der Waals surface area (Å²) in [7, 11) is 0. The summed E-state index contributed by atoms with van der Waals surface area (Å²) in [6.45, 7) is 7.04. The predicted octanol–water partition coefficient (Wildman–Crippen LogP) is 0.697. The summed E-state index contributed by atoms with van der Waals surface area (Å²) < 4.78 is 5.33. The van der Waals surface area contributed by atoms with Gasteiger partial charge in [0.1, 0.15) is 0 Å². The van der Waals surface area contributed by atoms with Gasteiger partial charge in [-0.1, -0.05) is 0 Å². The maximum atomic E-state index is 9.07. The Balaban J connectivity index is 1.73. The number of nitrogens with zero attached hydrogens (tertiary/aromatic N) is 3. The molecule has 4 heteroatoms. The quantitative estimate of drug-likeness (QED) is 0.706. The van der Waals surface area contributed by atoms with Crippen LogP contribution >= 0.6 is 0 Å². The number of rotatable bonds is 3. The Labute approximate surface area is 97.8 Å². The average Bonchev–Trinajstić information content (AvgIpc) is 2.38. The van der Waals surface area contributed by atoms with E-state index in [1.165, 1.54) is 12.8 Å². The van der Waals surface area contributed by atoms with Crippen LogP contribution in [-0.4, -0.2) is 61.8 Å². The highest BCUT2D eigenvalue weighted by Gasteiger charge is 2.22. The Morgan fingerprint density at radius 2 is 1.94 bits per heavy atom. The average molecular weight is 223 g/mol. The van der Waals surface area contributed by atoms with Crippen LogP contribution in [0, 0.1) is 11.3 Å². The molecule has 2 fully saturated rings. The second-order valence-electron chi connectivity index (χ2n) is 4.63. The summed E-state index contributed by atoms with van der Waals surface area (Å²) in [5.41, 5.74) is 0. The van der Waals surface area contributed by atoms with Crippen LogP contribution in [0.15, 0.2) is 0 Å². The third-order valence-electron chi connectivity index (χ3n) is 3.57. The van der Waals surface area contributed by atoms with Crippen molar-refractivity contribution in [3.63, 3.8) is 0 Å². The van der Waals surface area contributed by atoms with Gasteiger partial charge in [-0.25, -0.2) is 0 Å². The molecule has 0 radical (unpaired) electrons. The lowest BCUT2D eigenvalue weighted by atomic mass is 10.0. The SMILES string of the molecule is N#CC1CCCCN1CCN1CCOCC1. The van der Waals surface area contributed by atoms with Gasteiger partial charge in [0.15, 0.2) is 0 Å². The van der Waals surface area contributed by atoms with E-state index in [0.29, 0.717) is 0 Å². The Morgan fingerprint density at radius 3 is 2.69 bits per heavy atom. The van der Waals surface area contributed by atoms with E-state index in [4.69, 9.17) is 10.00 Å². The first-order chi connectivity index (χ1) is 7.90. The van der Waals surface area contributed by atoms with Crippen LogP contribution in [0.25, 0.3) is 0 Å². The number of hydrogen-bond donors (Lipinski definition) is 0. The second-order valence-corrected chi connectivity index (χ2v) is 4.63. The minimum absolute atomic E-state index is 0.162. The second kappa shape index (κ2) is 6.19. The molecular formula is C12H21N3O. The van der Waals surface area contributed by atoms with Crippen molar-refractivity contribution in [3.05, 3.63) is 0 Å². The van der Waals surface area contributed by atoms with Gasteiger partial charge in [0, 0.05) is 26.2 Å². The largest absolute Gasteiger partial charge is 0.379 e. The van der Waals surface area contributed by atoms with Crippen molar-refractivity contribution in [1.29, 1.82) is 5.26 Å². The minimum atomic E-state index is 0.162. The van der Waals surface area contributed by atoms with E-state index in [-0.39, 0.29) is 6.04 Å². The molecule has 0 aromatic heterocycles. The first kappa shape index (κ1) is 11.8. The maximum absolute atomic E-state index is 9.07. The lowest BCUT2D eigenvalue weighted by Crippen LogP contribution is -2.45. The molecule has 2 rings (SSSR count). The molecule has 4 nitrogen and oxygen atoms in total. The topological polar surface area (TPSA) is 39.5 Å². The van der Waals surface area contributed by atoms with Crippen LogP contribution in [0.4, 0.5) is 0 Å². The van der Waals surface area contributed by atoms with Gasteiger partial charge in [-0.3, -0.25) is 9.80 Å². The Kier molecular flexibility index (Phi) is 4.58. The molecule has 0 bridgehead atoms. The highest BCUT2D eigenvalue weighted by molar-refractivity contribution is 4.94. The molecule has 2 saturated heterocycles. The van der Waals surface area contributed by atoms with Gasteiger partial charge in [-0.2, -0.15) is 5.26 Å². The van der Waals surface area contributed by atoms with Gasteiger partial charge < -0.3 is 4.74 Å². The van der Waals surface area contributed by atoms with E-state index >= 15 is 0 Å². The van der Waals surface area contributed by atoms with E-state index in [2.05, 4.69) is 15.9 Å². The molecule has 0 N–H and O–H groups in total. The van der Waals surface area contributed by atoms with Gasteiger partial charge in [-0.15, -0.1) is 0 Å². The highest BCUT2D eigenvalue weighted by Crippen LogP contribution is 2.15. The number of nitriles is 1. The van der Waals surface area contributed by atoms with E-state index in [1.807, 2.05) is 0 Å². The van der Waals surface area contributed by atoms with Crippen LogP contribution in [-0.2, 0) is 4.74 Å². The maximum Gasteiger partial charge on any atom is 0.0978 e.